The van der Waals surface area contributed by atoms with E-state index < -0.39 is 0 Å². The summed E-state index contributed by atoms with van der Waals surface area (Å²) in [4.78, 5) is 18.3. The van der Waals surface area contributed by atoms with Crippen LogP contribution in [0.5, 0.6) is 5.75 Å². The van der Waals surface area contributed by atoms with Gasteiger partial charge in [0.15, 0.2) is 0 Å². The predicted molar refractivity (Wildman–Crippen MR) is 122 cm³/mol. The van der Waals surface area contributed by atoms with E-state index in [2.05, 4.69) is 47.4 Å². The zero-order valence-electron chi connectivity index (χ0n) is 19.1. The van der Waals surface area contributed by atoms with Gasteiger partial charge in [0, 0.05) is 43.3 Å². The van der Waals surface area contributed by atoms with Crippen LogP contribution in [0.15, 0.2) is 24.4 Å². The van der Waals surface area contributed by atoms with Crippen molar-refractivity contribution in [2.45, 2.75) is 71.5 Å². The van der Waals surface area contributed by atoms with Crippen LogP contribution in [0.4, 0.5) is 0 Å². The highest BCUT2D eigenvalue weighted by molar-refractivity contribution is 6.08. The summed E-state index contributed by atoms with van der Waals surface area (Å²) in [6, 6.07) is 6.71. The number of hydrogen-bond acceptors (Lipinski definition) is 3. The van der Waals surface area contributed by atoms with E-state index in [4.69, 9.17) is 4.74 Å². The molecule has 1 saturated carbocycles. The number of carbonyl (C=O) groups is 1. The molecule has 0 N–H and O–H groups in total. The number of aromatic nitrogens is 1. The number of nitrogens with zero attached hydrogens (tertiary/aromatic N) is 3. The lowest BCUT2D eigenvalue weighted by Crippen LogP contribution is -2.57. The summed E-state index contributed by atoms with van der Waals surface area (Å²) in [5.41, 5.74) is 1.89. The number of rotatable bonds is 5. The Morgan fingerprint density at radius 3 is 2.57 bits per heavy atom. The van der Waals surface area contributed by atoms with Crippen molar-refractivity contribution < 1.29 is 9.53 Å². The third kappa shape index (κ3) is 3.96. The number of hydrogen-bond donors (Lipinski definition) is 0. The summed E-state index contributed by atoms with van der Waals surface area (Å²) in [5.74, 6) is 1.71. The number of benzene rings is 1. The van der Waals surface area contributed by atoms with Crippen LogP contribution in [-0.4, -0.2) is 59.1 Å². The van der Waals surface area contributed by atoms with Crippen LogP contribution in [0.2, 0.25) is 0 Å². The molecule has 1 aliphatic carbocycles. The quantitative estimate of drug-likeness (QED) is 0.710. The van der Waals surface area contributed by atoms with Crippen molar-refractivity contribution in [2.75, 3.05) is 26.7 Å². The Hall–Kier alpha value is -2.01. The Labute approximate surface area is 181 Å². The van der Waals surface area contributed by atoms with Crippen LogP contribution >= 0.6 is 0 Å². The maximum atomic E-state index is 13.7. The number of carbonyl (C=O) groups excluding carboxylic acids is 1. The van der Waals surface area contributed by atoms with Gasteiger partial charge in [0.1, 0.15) is 5.75 Å². The summed E-state index contributed by atoms with van der Waals surface area (Å²) < 4.78 is 8.01. The minimum atomic E-state index is 0.158. The molecule has 0 radical (unpaired) electrons. The van der Waals surface area contributed by atoms with Gasteiger partial charge >= 0.3 is 0 Å². The van der Waals surface area contributed by atoms with Crippen LogP contribution in [0.1, 0.15) is 63.2 Å². The molecule has 2 heterocycles. The Morgan fingerprint density at radius 1 is 1.10 bits per heavy atom. The monoisotopic (exact) mass is 411 g/mol. The minimum Gasteiger partial charge on any atom is -0.495 e. The minimum absolute atomic E-state index is 0.158. The zero-order chi connectivity index (χ0) is 21.3. The van der Waals surface area contributed by atoms with Crippen LogP contribution < -0.4 is 4.74 Å². The maximum absolute atomic E-state index is 13.7. The predicted octanol–water partition coefficient (Wildman–Crippen LogP) is 4.78. The number of amides is 1. The van der Waals surface area contributed by atoms with Crippen LogP contribution in [-0.2, 0) is 6.54 Å². The van der Waals surface area contributed by atoms with Crippen molar-refractivity contribution in [2.24, 2.45) is 5.92 Å². The van der Waals surface area contributed by atoms with E-state index in [9.17, 15) is 4.79 Å². The van der Waals surface area contributed by atoms with Crippen LogP contribution in [0.25, 0.3) is 10.9 Å². The standard InChI is InChI=1S/C25H37N3O2/c1-5-26-14-19(3)28(15-18(26)2)25(29)22-17-27(16-20-10-7-6-8-11-20)24-21(22)12-9-13-23(24)30-4/h9,12-13,17-20H,5-8,10-11,14-16H2,1-4H3. The molecule has 5 nitrogen and oxygen atoms in total. The highest BCUT2D eigenvalue weighted by Crippen LogP contribution is 2.34. The molecule has 1 saturated heterocycles. The molecule has 2 aliphatic rings. The van der Waals surface area contributed by atoms with Gasteiger partial charge in [-0.2, -0.15) is 0 Å². The molecule has 1 aromatic carbocycles. The van der Waals surface area contributed by atoms with E-state index in [-0.39, 0.29) is 11.9 Å². The fraction of sp³-hybridized carbons (Fsp3) is 0.640. The van der Waals surface area contributed by atoms with Crippen molar-refractivity contribution in [1.29, 1.82) is 0 Å². The average Bonchev–Trinajstić information content (AvgIpc) is 3.13. The summed E-state index contributed by atoms with van der Waals surface area (Å²) in [6.07, 6.45) is 8.68. The SMILES string of the molecule is CCN1CC(C)N(C(=O)c2cn(CC3CCCCC3)c3c(OC)cccc23)CC1C. The lowest BCUT2D eigenvalue weighted by Gasteiger charge is -2.43. The Balaban J connectivity index is 1.69. The summed E-state index contributed by atoms with van der Waals surface area (Å²) in [6.45, 7) is 10.3. The number of fused-ring (bicyclic) bond motifs is 1. The maximum Gasteiger partial charge on any atom is 0.256 e. The van der Waals surface area contributed by atoms with Crippen molar-refractivity contribution in [3.8, 4) is 5.75 Å². The fourth-order valence-corrected chi connectivity index (χ4v) is 5.53. The first-order valence-electron chi connectivity index (χ1n) is 11.7. The van der Waals surface area contributed by atoms with Gasteiger partial charge in [-0.05, 0) is 45.2 Å². The molecule has 30 heavy (non-hydrogen) atoms. The molecule has 164 valence electrons. The van der Waals surface area contributed by atoms with Gasteiger partial charge < -0.3 is 14.2 Å². The molecule has 2 unspecified atom stereocenters. The molecular formula is C25H37N3O2. The Morgan fingerprint density at radius 2 is 1.87 bits per heavy atom. The van der Waals surface area contributed by atoms with Crippen molar-refractivity contribution in [1.82, 2.24) is 14.4 Å². The second-order valence-electron chi connectivity index (χ2n) is 9.30. The molecule has 2 aromatic rings. The first kappa shape index (κ1) is 21.2. The number of para-hydroxylation sites is 1. The van der Waals surface area contributed by atoms with Crippen molar-refractivity contribution >= 4 is 16.8 Å². The van der Waals surface area contributed by atoms with Crippen LogP contribution in [0.3, 0.4) is 0 Å². The summed E-state index contributed by atoms with van der Waals surface area (Å²) in [5, 5.41) is 1.02. The molecule has 2 fully saturated rings. The van der Waals surface area contributed by atoms with Gasteiger partial charge in [0.05, 0.1) is 18.2 Å². The van der Waals surface area contributed by atoms with E-state index in [0.29, 0.717) is 12.0 Å². The van der Waals surface area contributed by atoms with Gasteiger partial charge in [0.25, 0.3) is 5.91 Å². The summed E-state index contributed by atoms with van der Waals surface area (Å²) in [7, 11) is 1.72. The van der Waals surface area contributed by atoms with E-state index in [1.54, 1.807) is 7.11 Å². The topological polar surface area (TPSA) is 37.7 Å². The zero-order valence-corrected chi connectivity index (χ0v) is 19.1. The van der Waals surface area contributed by atoms with E-state index in [1.807, 2.05) is 12.1 Å². The number of piperazine rings is 1. The Kier molecular flexibility index (Phi) is 6.37. The summed E-state index contributed by atoms with van der Waals surface area (Å²) >= 11 is 0. The first-order valence-corrected chi connectivity index (χ1v) is 11.7. The van der Waals surface area contributed by atoms with E-state index >= 15 is 0 Å². The molecule has 1 aliphatic heterocycles. The van der Waals surface area contributed by atoms with Gasteiger partial charge in [-0.1, -0.05) is 38.3 Å². The second kappa shape index (κ2) is 9.01. The van der Waals surface area contributed by atoms with Gasteiger partial charge in [-0.15, -0.1) is 0 Å². The van der Waals surface area contributed by atoms with Crippen molar-refractivity contribution in [3.05, 3.63) is 30.0 Å². The van der Waals surface area contributed by atoms with Crippen LogP contribution in [0, 0.1) is 5.92 Å². The molecule has 2 atom stereocenters. The highest BCUT2D eigenvalue weighted by Gasteiger charge is 2.33. The van der Waals surface area contributed by atoms with E-state index in [0.717, 1.165) is 48.4 Å². The van der Waals surface area contributed by atoms with Crippen molar-refractivity contribution in [3.63, 3.8) is 0 Å². The van der Waals surface area contributed by atoms with Gasteiger partial charge in [0.2, 0.25) is 0 Å². The van der Waals surface area contributed by atoms with E-state index in [1.165, 1.54) is 32.1 Å². The van der Waals surface area contributed by atoms with Gasteiger partial charge in [-0.3, -0.25) is 9.69 Å². The lowest BCUT2D eigenvalue weighted by atomic mass is 9.89. The Bertz CT molecular complexity index is 884. The molecule has 0 spiro atoms. The number of ether oxygens (including phenoxy) is 1. The molecule has 1 amide bonds. The third-order valence-electron chi connectivity index (χ3n) is 7.27. The number of methoxy groups -OCH3 is 1. The second-order valence-corrected chi connectivity index (χ2v) is 9.30. The molecule has 5 heteroatoms. The average molecular weight is 412 g/mol. The number of likely N-dealkylation sites (N-methyl/N-ethyl adjacent to an activating group) is 1. The third-order valence-corrected chi connectivity index (χ3v) is 7.27. The molecular weight excluding hydrogens is 374 g/mol. The largest absolute Gasteiger partial charge is 0.495 e. The normalized spacial score (nSPS) is 23.8. The molecule has 1 aromatic heterocycles. The lowest BCUT2D eigenvalue weighted by molar-refractivity contribution is 0.0336. The smallest absolute Gasteiger partial charge is 0.256 e. The molecule has 4 rings (SSSR count). The highest BCUT2D eigenvalue weighted by atomic mass is 16.5. The molecule has 0 bridgehead atoms. The fourth-order valence-electron chi connectivity index (χ4n) is 5.53. The van der Waals surface area contributed by atoms with Gasteiger partial charge in [-0.25, -0.2) is 0 Å². The first-order chi connectivity index (χ1) is 14.5.